The molecule has 4 nitrogen and oxygen atoms in total. The number of nitrogens with zero attached hydrogens (tertiary/aromatic N) is 2. The quantitative estimate of drug-likeness (QED) is 0.783. The summed E-state index contributed by atoms with van der Waals surface area (Å²) in [7, 11) is 0. The van der Waals surface area contributed by atoms with Gasteiger partial charge in [-0.1, -0.05) is 29.8 Å². The maximum atomic E-state index is 12.2. The Morgan fingerprint density at radius 2 is 1.95 bits per heavy atom. The SMILES string of the molecule is O=C(Nc1cccc2cccnc12)c1ccncc1Cl. The van der Waals surface area contributed by atoms with E-state index in [1.165, 1.54) is 12.4 Å². The summed E-state index contributed by atoms with van der Waals surface area (Å²) in [5, 5.41) is 4.11. The fourth-order valence-electron chi connectivity index (χ4n) is 1.95. The second kappa shape index (κ2) is 5.27. The van der Waals surface area contributed by atoms with Crippen molar-refractivity contribution in [2.45, 2.75) is 0 Å². The third-order valence-corrected chi connectivity index (χ3v) is 3.20. The average Bonchev–Trinajstić information content (AvgIpc) is 2.48. The van der Waals surface area contributed by atoms with E-state index in [4.69, 9.17) is 11.6 Å². The summed E-state index contributed by atoms with van der Waals surface area (Å²) in [6, 6.07) is 11.0. The Labute approximate surface area is 120 Å². The molecule has 0 saturated carbocycles. The zero-order chi connectivity index (χ0) is 13.9. The van der Waals surface area contributed by atoms with Gasteiger partial charge < -0.3 is 5.32 Å². The highest BCUT2D eigenvalue weighted by atomic mass is 35.5. The van der Waals surface area contributed by atoms with E-state index in [9.17, 15) is 4.79 Å². The second-order valence-corrected chi connectivity index (χ2v) is 4.60. The molecule has 98 valence electrons. The van der Waals surface area contributed by atoms with Crippen LogP contribution in [0.5, 0.6) is 0 Å². The fourth-order valence-corrected chi connectivity index (χ4v) is 2.16. The molecule has 0 atom stereocenters. The van der Waals surface area contributed by atoms with Gasteiger partial charge in [0.15, 0.2) is 0 Å². The van der Waals surface area contributed by atoms with Crippen LogP contribution in [0.15, 0.2) is 55.0 Å². The highest BCUT2D eigenvalue weighted by molar-refractivity contribution is 6.34. The van der Waals surface area contributed by atoms with Gasteiger partial charge in [-0.05, 0) is 18.2 Å². The Bertz CT molecular complexity index is 783. The predicted octanol–water partition coefficient (Wildman–Crippen LogP) is 3.54. The number of nitrogens with one attached hydrogen (secondary N) is 1. The van der Waals surface area contributed by atoms with E-state index >= 15 is 0 Å². The molecule has 3 rings (SSSR count). The van der Waals surface area contributed by atoms with Crippen LogP contribution in [-0.2, 0) is 0 Å². The van der Waals surface area contributed by atoms with E-state index in [0.29, 0.717) is 16.3 Å². The third kappa shape index (κ3) is 2.33. The summed E-state index contributed by atoms with van der Waals surface area (Å²) in [6.07, 6.45) is 4.66. The molecule has 0 saturated heterocycles. The first-order valence-electron chi connectivity index (χ1n) is 6.00. The van der Waals surface area contributed by atoms with Gasteiger partial charge in [0.25, 0.3) is 5.91 Å². The minimum atomic E-state index is -0.282. The molecule has 0 spiro atoms. The van der Waals surface area contributed by atoms with Gasteiger partial charge in [-0.3, -0.25) is 14.8 Å². The van der Waals surface area contributed by atoms with E-state index in [2.05, 4.69) is 15.3 Å². The fraction of sp³-hybridized carbons (Fsp3) is 0. The zero-order valence-corrected chi connectivity index (χ0v) is 11.1. The number of pyridine rings is 2. The Hall–Kier alpha value is -2.46. The minimum Gasteiger partial charge on any atom is -0.320 e. The van der Waals surface area contributed by atoms with Gasteiger partial charge in [-0.15, -0.1) is 0 Å². The molecule has 1 aromatic carbocycles. The van der Waals surface area contributed by atoms with Crippen molar-refractivity contribution in [3.8, 4) is 0 Å². The molecule has 1 amide bonds. The topological polar surface area (TPSA) is 54.9 Å². The van der Waals surface area contributed by atoms with Crippen molar-refractivity contribution in [3.63, 3.8) is 0 Å². The number of benzene rings is 1. The lowest BCUT2D eigenvalue weighted by Gasteiger charge is -2.08. The number of para-hydroxylation sites is 1. The normalized spacial score (nSPS) is 10.4. The Balaban J connectivity index is 1.98. The number of hydrogen-bond donors (Lipinski definition) is 1. The molecular weight excluding hydrogens is 274 g/mol. The molecular formula is C15H10ClN3O. The lowest BCUT2D eigenvalue weighted by atomic mass is 10.2. The van der Waals surface area contributed by atoms with Crippen LogP contribution >= 0.6 is 11.6 Å². The molecule has 0 unspecified atom stereocenters. The Kier molecular flexibility index (Phi) is 3.31. The van der Waals surface area contributed by atoms with Crippen LogP contribution in [0.3, 0.4) is 0 Å². The molecule has 0 bridgehead atoms. The number of rotatable bonds is 2. The maximum Gasteiger partial charge on any atom is 0.257 e. The van der Waals surface area contributed by atoms with E-state index in [1.807, 2.05) is 30.3 Å². The van der Waals surface area contributed by atoms with E-state index in [0.717, 1.165) is 10.9 Å². The molecule has 0 radical (unpaired) electrons. The number of halogens is 1. The first kappa shape index (κ1) is 12.6. The molecule has 3 aromatic rings. The van der Waals surface area contributed by atoms with Gasteiger partial charge in [-0.25, -0.2) is 0 Å². The van der Waals surface area contributed by atoms with Gasteiger partial charge in [0.1, 0.15) is 0 Å². The van der Waals surface area contributed by atoms with Crippen LogP contribution in [0.2, 0.25) is 5.02 Å². The number of amides is 1. The number of fused-ring (bicyclic) bond motifs is 1. The summed E-state index contributed by atoms with van der Waals surface area (Å²) in [5.74, 6) is -0.282. The Morgan fingerprint density at radius 1 is 1.10 bits per heavy atom. The summed E-state index contributed by atoms with van der Waals surface area (Å²) >= 11 is 5.96. The lowest BCUT2D eigenvalue weighted by Crippen LogP contribution is -2.13. The van der Waals surface area contributed by atoms with Crippen molar-refractivity contribution < 1.29 is 4.79 Å². The van der Waals surface area contributed by atoms with Crippen LogP contribution in [0.1, 0.15) is 10.4 Å². The molecule has 0 aliphatic carbocycles. The first-order chi connectivity index (χ1) is 9.75. The van der Waals surface area contributed by atoms with Crippen LogP contribution in [-0.4, -0.2) is 15.9 Å². The maximum absolute atomic E-state index is 12.2. The second-order valence-electron chi connectivity index (χ2n) is 4.19. The largest absolute Gasteiger partial charge is 0.320 e. The van der Waals surface area contributed by atoms with Crippen molar-refractivity contribution in [2.24, 2.45) is 0 Å². The van der Waals surface area contributed by atoms with Crippen LogP contribution < -0.4 is 5.32 Å². The van der Waals surface area contributed by atoms with E-state index < -0.39 is 0 Å². The number of carbonyl (C=O) groups excluding carboxylic acids is 1. The summed E-state index contributed by atoms with van der Waals surface area (Å²) in [5.41, 5.74) is 1.78. The summed E-state index contributed by atoms with van der Waals surface area (Å²) in [6.45, 7) is 0. The smallest absolute Gasteiger partial charge is 0.257 e. The van der Waals surface area contributed by atoms with Gasteiger partial charge in [0.2, 0.25) is 0 Å². The van der Waals surface area contributed by atoms with Crippen LogP contribution in [0.4, 0.5) is 5.69 Å². The van der Waals surface area contributed by atoms with Gasteiger partial charge in [0, 0.05) is 24.0 Å². The van der Waals surface area contributed by atoms with Crippen LogP contribution in [0, 0.1) is 0 Å². The monoisotopic (exact) mass is 283 g/mol. The average molecular weight is 284 g/mol. The van der Waals surface area contributed by atoms with Crippen LogP contribution in [0.25, 0.3) is 10.9 Å². The van der Waals surface area contributed by atoms with Gasteiger partial charge in [0.05, 0.1) is 21.8 Å². The predicted molar refractivity (Wildman–Crippen MR) is 78.9 cm³/mol. The first-order valence-corrected chi connectivity index (χ1v) is 6.38. The number of aromatic nitrogens is 2. The Morgan fingerprint density at radius 3 is 2.80 bits per heavy atom. The van der Waals surface area contributed by atoms with E-state index in [-0.39, 0.29) is 5.91 Å². The van der Waals surface area contributed by atoms with Crippen molar-refractivity contribution in [2.75, 3.05) is 5.32 Å². The number of carbonyl (C=O) groups is 1. The summed E-state index contributed by atoms with van der Waals surface area (Å²) in [4.78, 5) is 20.4. The molecule has 0 fully saturated rings. The lowest BCUT2D eigenvalue weighted by molar-refractivity contribution is 0.102. The number of hydrogen-bond acceptors (Lipinski definition) is 3. The molecule has 2 heterocycles. The third-order valence-electron chi connectivity index (χ3n) is 2.90. The van der Waals surface area contributed by atoms with Gasteiger partial charge in [-0.2, -0.15) is 0 Å². The standard InChI is InChI=1S/C15H10ClN3O/c16-12-9-17-8-6-11(12)15(20)19-13-5-1-3-10-4-2-7-18-14(10)13/h1-9H,(H,19,20). The van der Waals surface area contributed by atoms with Crippen molar-refractivity contribution in [1.82, 2.24) is 9.97 Å². The molecule has 2 aromatic heterocycles. The molecule has 5 heteroatoms. The highest BCUT2D eigenvalue weighted by Crippen LogP contribution is 2.22. The molecule has 20 heavy (non-hydrogen) atoms. The van der Waals surface area contributed by atoms with Crippen molar-refractivity contribution >= 4 is 34.1 Å². The molecule has 0 aliphatic heterocycles. The van der Waals surface area contributed by atoms with Gasteiger partial charge >= 0.3 is 0 Å². The molecule has 1 N–H and O–H groups in total. The zero-order valence-electron chi connectivity index (χ0n) is 10.4. The number of anilines is 1. The van der Waals surface area contributed by atoms with E-state index in [1.54, 1.807) is 12.3 Å². The highest BCUT2D eigenvalue weighted by Gasteiger charge is 2.11. The van der Waals surface area contributed by atoms with Crippen molar-refractivity contribution in [1.29, 1.82) is 0 Å². The van der Waals surface area contributed by atoms with Crippen molar-refractivity contribution in [3.05, 3.63) is 65.6 Å². The molecule has 0 aliphatic rings. The summed E-state index contributed by atoms with van der Waals surface area (Å²) < 4.78 is 0. The minimum absolute atomic E-state index is 0.282.